The molecule has 0 spiro atoms. The van der Waals surface area contributed by atoms with Crippen molar-refractivity contribution < 1.29 is 33.0 Å². The first-order chi connectivity index (χ1) is 7.79. The molecule has 0 aromatic heterocycles. The van der Waals surface area contributed by atoms with E-state index < -0.39 is 42.2 Å². The molecule has 0 aliphatic carbocycles. The summed E-state index contributed by atoms with van der Waals surface area (Å²) in [6, 6.07) is 0. The highest BCUT2D eigenvalue weighted by Crippen LogP contribution is 2.28. The first-order valence-electron chi connectivity index (χ1n) is 4.88. The zero-order chi connectivity index (χ0) is 14.8. The van der Waals surface area contributed by atoms with Crippen molar-refractivity contribution in [1.29, 1.82) is 0 Å². The van der Waals surface area contributed by atoms with Crippen LogP contribution in [0, 0.1) is 0 Å². The summed E-state index contributed by atoms with van der Waals surface area (Å²) in [6.07, 6.45) is -5.67. The average Bonchev–Trinajstić information content (AvgIpc) is 2.10. The Labute approximate surface area is 101 Å². The van der Waals surface area contributed by atoms with E-state index in [4.69, 9.17) is 10.8 Å². The number of hydrogen-bond donors (Lipinski definition) is 4. The first-order valence-corrected chi connectivity index (χ1v) is 4.88. The van der Waals surface area contributed by atoms with Gasteiger partial charge in [0.25, 0.3) is 0 Å². The van der Waals surface area contributed by atoms with E-state index >= 15 is 0 Å². The van der Waals surface area contributed by atoms with Gasteiger partial charge >= 0.3 is 12.1 Å². The lowest BCUT2D eigenvalue weighted by Crippen LogP contribution is -2.62. The Morgan fingerprint density at radius 2 is 1.72 bits per heavy atom. The van der Waals surface area contributed by atoms with E-state index in [1.807, 2.05) is 0 Å². The number of amides is 1. The molecule has 0 aliphatic rings. The van der Waals surface area contributed by atoms with Crippen LogP contribution in [-0.2, 0) is 9.59 Å². The van der Waals surface area contributed by atoms with Crippen LogP contribution < -0.4 is 11.1 Å². The van der Waals surface area contributed by atoms with Gasteiger partial charge in [0.15, 0.2) is 5.54 Å². The molecular formula is C9H15F3N2O4. The quantitative estimate of drug-likeness (QED) is 0.544. The minimum absolute atomic E-state index is 0.480. The van der Waals surface area contributed by atoms with Gasteiger partial charge in [-0.1, -0.05) is 0 Å². The van der Waals surface area contributed by atoms with Crippen molar-refractivity contribution in [3.63, 3.8) is 0 Å². The Morgan fingerprint density at radius 3 is 2.06 bits per heavy atom. The molecule has 0 fully saturated rings. The van der Waals surface area contributed by atoms with Crippen molar-refractivity contribution in [2.75, 3.05) is 6.54 Å². The van der Waals surface area contributed by atoms with Crippen molar-refractivity contribution in [1.82, 2.24) is 5.32 Å². The van der Waals surface area contributed by atoms with Crippen LogP contribution in [0.1, 0.15) is 20.3 Å². The van der Waals surface area contributed by atoms with E-state index in [-0.39, 0.29) is 0 Å². The third-order valence-electron chi connectivity index (χ3n) is 2.22. The molecule has 2 atom stereocenters. The fourth-order valence-corrected chi connectivity index (χ4v) is 0.971. The molecule has 6 nitrogen and oxygen atoms in total. The number of rotatable bonds is 5. The summed E-state index contributed by atoms with van der Waals surface area (Å²) in [7, 11) is 0. The topological polar surface area (TPSA) is 113 Å². The normalized spacial score (nSPS) is 18.6. The predicted molar refractivity (Wildman–Crippen MR) is 54.5 cm³/mol. The lowest BCUT2D eigenvalue weighted by molar-refractivity contribution is -0.188. The summed E-state index contributed by atoms with van der Waals surface area (Å²) >= 11 is 0. The summed E-state index contributed by atoms with van der Waals surface area (Å²) in [5.41, 5.74) is -0.130. The molecule has 0 radical (unpaired) electrons. The third kappa shape index (κ3) is 4.49. The van der Waals surface area contributed by atoms with Crippen LogP contribution in [0.5, 0.6) is 0 Å². The van der Waals surface area contributed by atoms with E-state index in [9.17, 15) is 27.9 Å². The standard InChI is InChI=1S/C9H15F3N2O4/c1-7(18,3-5(15)16)4-14-6(17)8(2,13)9(10,11)12/h18H,3-4,13H2,1-2H3,(H,14,17)(H,15,16). The molecule has 5 N–H and O–H groups in total. The Bertz CT molecular complexity index is 339. The Hall–Kier alpha value is -1.35. The molecule has 9 heteroatoms. The van der Waals surface area contributed by atoms with Crippen LogP contribution in [0.15, 0.2) is 0 Å². The van der Waals surface area contributed by atoms with Gasteiger partial charge in [-0.2, -0.15) is 13.2 Å². The highest BCUT2D eigenvalue weighted by atomic mass is 19.4. The van der Waals surface area contributed by atoms with Crippen molar-refractivity contribution in [3.8, 4) is 0 Å². The number of carbonyl (C=O) groups is 2. The van der Waals surface area contributed by atoms with E-state index in [1.54, 1.807) is 5.32 Å². The Morgan fingerprint density at radius 1 is 1.28 bits per heavy atom. The number of aliphatic carboxylic acids is 1. The van der Waals surface area contributed by atoms with Gasteiger partial charge in [-0.3, -0.25) is 9.59 Å². The maximum atomic E-state index is 12.4. The molecule has 106 valence electrons. The van der Waals surface area contributed by atoms with Crippen LogP contribution in [0.3, 0.4) is 0 Å². The second-order valence-electron chi connectivity index (χ2n) is 4.45. The summed E-state index contributed by atoms with van der Waals surface area (Å²) in [4.78, 5) is 21.6. The van der Waals surface area contributed by atoms with Crippen molar-refractivity contribution >= 4 is 11.9 Å². The molecule has 0 bridgehead atoms. The third-order valence-corrected chi connectivity index (χ3v) is 2.22. The fraction of sp³-hybridized carbons (Fsp3) is 0.778. The smallest absolute Gasteiger partial charge is 0.415 e. The fourth-order valence-electron chi connectivity index (χ4n) is 0.971. The van der Waals surface area contributed by atoms with Crippen molar-refractivity contribution in [3.05, 3.63) is 0 Å². The summed E-state index contributed by atoms with van der Waals surface area (Å²) in [5.74, 6) is -2.89. The zero-order valence-corrected chi connectivity index (χ0v) is 9.84. The van der Waals surface area contributed by atoms with Crippen molar-refractivity contribution in [2.45, 2.75) is 37.6 Å². The number of carboxylic acid groups (broad SMARTS) is 1. The molecule has 18 heavy (non-hydrogen) atoms. The number of halogens is 3. The van der Waals surface area contributed by atoms with Crippen LogP contribution >= 0.6 is 0 Å². The number of hydrogen-bond acceptors (Lipinski definition) is 4. The summed E-state index contributed by atoms with van der Waals surface area (Å²) in [6.45, 7) is 0.901. The molecule has 0 saturated carbocycles. The average molecular weight is 272 g/mol. The molecule has 0 rings (SSSR count). The SMILES string of the molecule is CC(O)(CNC(=O)C(C)(N)C(F)(F)F)CC(=O)O. The Kier molecular flexibility index (Phi) is 4.72. The number of carbonyl (C=O) groups excluding carboxylic acids is 1. The monoisotopic (exact) mass is 272 g/mol. The lowest BCUT2D eigenvalue weighted by atomic mass is 9.99. The molecule has 1 amide bonds. The summed E-state index contributed by atoms with van der Waals surface area (Å²) in [5, 5.41) is 19.7. The van der Waals surface area contributed by atoms with Gasteiger partial charge in [-0.05, 0) is 13.8 Å². The first kappa shape index (κ1) is 16.6. The number of carboxylic acids is 1. The second kappa shape index (κ2) is 5.11. The highest BCUT2D eigenvalue weighted by molar-refractivity contribution is 5.86. The molecule has 0 aliphatic heterocycles. The molecule has 0 saturated heterocycles. The van der Waals surface area contributed by atoms with Crippen LogP contribution in [0.25, 0.3) is 0 Å². The number of alkyl halides is 3. The molecule has 0 aromatic rings. The van der Waals surface area contributed by atoms with E-state index in [2.05, 4.69) is 0 Å². The largest absolute Gasteiger partial charge is 0.481 e. The van der Waals surface area contributed by atoms with Crippen LogP contribution in [0.2, 0.25) is 0 Å². The second-order valence-corrected chi connectivity index (χ2v) is 4.45. The summed E-state index contributed by atoms with van der Waals surface area (Å²) < 4.78 is 37.1. The van der Waals surface area contributed by atoms with E-state index in [0.29, 0.717) is 6.92 Å². The number of nitrogens with two attached hydrogens (primary N) is 1. The van der Waals surface area contributed by atoms with Crippen molar-refractivity contribution in [2.24, 2.45) is 5.73 Å². The maximum absolute atomic E-state index is 12.4. The molecular weight excluding hydrogens is 257 g/mol. The predicted octanol–water partition coefficient (Wildman–Crippen LogP) is -0.392. The molecule has 0 aromatic carbocycles. The maximum Gasteiger partial charge on any atom is 0.415 e. The van der Waals surface area contributed by atoms with E-state index in [0.717, 1.165) is 6.92 Å². The van der Waals surface area contributed by atoms with Gasteiger partial charge in [-0.25, -0.2) is 0 Å². The van der Waals surface area contributed by atoms with Gasteiger partial charge in [-0.15, -0.1) is 0 Å². The Balaban J connectivity index is 4.57. The number of aliphatic hydroxyl groups is 1. The molecule has 2 unspecified atom stereocenters. The lowest BCUT2D eigenvalue weighted by Gasteiger charge is -2.28. The minimum atomic E-state index is -4.95. The van der Waals surface area contributed by atoms with Gasteiger partial charge in [0.1, 0.15) is 0 Å². The van der Waals surface area contributed by atoms with Crippen LogP contribution in [-0.4, -0.2) is 46.0 Å². The van der Waals surface area contributed by atoms with Gasteiger partial charge in [0.2, 0.25) is 5.91 Å². The number of nitrogens with one attached hydrogen (secondary N) is 1. The van der Waals surface area contributed by atoms with Gasteiger partial charge < -0.3 is 21.3 Å². The highest BCUT2D eigenvalue weighted by Gasteiger charge is 2.54. The van der Waals surface area contributed by atoms with Gasteiger partial charge in [0, 0.05) is 6.54 Å². The zero-order valence-electron chi connectivity index (χ0n) is 9.84. The van der Waals surface area contributed by atoms with E-state index in [1.165, 1.54) is 0 Å². The minimum Gasteiger partial charge on any atom is -0.481 e. The molecule has 0 heterocycles. The van der Waals surface area contributed by atoms with Crippen LogP contribution in [0.4, 0.5) is 13.2 Å². The van der Waals surface area contributed by atoms with Gasteiger partial charge in [0.05, 0.1) is 12.0 Å².